The summed E-state index contributed by atoms with van der Waals surface area (Å²) in [6, 6.07) is 16.7. The van der Waals surface area contributed by atoms with E-state index in [9.17, 15) is 0 Å². The van der Waals surface area contributed by atoms with Crippen LogP contribution < -0.4 is 10.7 Å². The van der Waals surface area contributed by atoms with Gasteiger partial charge in [0.05, 0.1) is 0 Å². The quantitative estimate of drug-likeness (QED) is 0.609. The Morgan fingerprint density at radius 2 is 1.44 bits per heavy atom. The number of hydrogen-bond donors (Lipinski definition) is 0. The highest BCUT2D eigenvalue weighted by atomic mass is 15.0. The Labute approximate surface area is 106 Å². The third-order valence-electron chi connectivity index (χ3n) is 3.35. The molecule has 3 rings (SSSR count). The van der Waals surface area contributed by atoms with Gasteiger partial charge in [-0.15, -0.1) is 0 Å². The van der Waals surface area contributed by atoms with Crippen molar-refractivity contribution in [2.45, 2.75) is 6.92 Å². The van der Waals surface area contributed by atoms with Gasteiger partial charge in [-0.2, -0.15) is 0 Å². The van der Waals surface area contributed by atoms with Crippen LogP contribution in [0.15, 0.2) is 48.5 Å². The van der Waals surface area contributed by atoms with E-state index in [0.717, 1.165) is 16.4 Å². The molecule has 1 heteroatoms. The van der Waals surface area contributed by atoms with Crippen molar-refractivity contribution < 1.29 is 0 Å². The molecule has 0 radical (unpaired) electrons. The summed E-state index contributed by atoms with van der Waals surface area (Å²) in [7, 11) is 0. The molecule has 2 aromatic carbocycles. The minimum atomic E-state index is 1.00. The van der Waals surface area contributed by atoms with Crippen LogP contribution in [-0.2, 0) is 0 Å². The van der Waals surface area contributed by atoms with E-state index in [1.807, 2.05) is 12.1 Å². The number of aryl methyl sites for hydroxylation is 1. The van der Waals surface area contributed by atoms with Crippen molar-refractivity contribution in [2.24, 2.45) is 0 Å². The summed E-state index contributed by atoms with van der Waals surface area (Å²) in [6.45, 7) is 10.5. The molecule has 0 aliphatic carbocycles. The fourth-order valence-electron chi connectivity index (χ4n) is 2.47. The Bertz CT molecular complexity index is 777. The molecule has 0 saturated carbocycles. The molecule has 0 saturated heterocycles. The molecule has 1 aromatic heterocycles. The molecule has 1 heterocycles. The predicted molar refractivity (Wildman–Crippen MR) is 78.3 cm³/mol. The van der Waals surface area contributed by atoms with E-state index in [-0.39, 0.29) is 0 Å². The van der Waals surface area contributed by atoms with Crippen LogP contribution in [-0.4, -0.2) is 4.57 Å². The number of benzene rings is 2. The summed E-state index contributed by atoms with van der Waals surface area (Å²) in [5.74, 6) is 0. The third-order valence-corrected chi connectivity index (χ3v) is 3.35. The Hall–Kier alpha value is -2.28. The van der Waals surface area contributed by atoms with Gasteiger partial charge >= 0.3 is 0 Å². The van der Waals surface area contributed by atoms with Gasteiger partial charge in [0, 0.05) is 27.2 Å². The third kappa shape index (κ3) is 1.48. The molecule has 0 fully saturated rings. The molecule has 0 spiro atoms. The lowest BCUT2D eigenvalue weighted by Crippen LogP contribution is -2.22. The molecule has 0 atom stereocenters. The first kappa shape index (κ1) is 10.8. The molecular weight excluding hydrogens is 218 g/mol. The van der Waals surface area contributed by atoms with E-state index >= 15 is 0 Å². The van der Waals surface area contributed by atoms with E-state index in [1.54, 1.807) is 0 Å². The Morgan fingerprint density at radius 1 is 0.833 bits per heavy atom. The van der Waals surface area contributed by atoms with Gasteiger partial charge in [-0.3, -0.25) is 0 Å². The van der Waals surface area contributed by atoms with Gasteiger partial charge in [0.25, 0.3) is 0 Å². The first-order valence-electron chi connectivity index (χ1n) is 6.03. The van der Waals surface area contributed by atoms with Crippen LogP contribution in [0.2, 0.25) is 0 Å². The Kier molecular flexibility index (Phi) is 2.34. The minimum absolute atomic E-state index is 1.00. The highest BCUT2D eigenvalue weighted by molar-refractivity contribution is 5.84. The lowest BCUT2D eigenvalue weighted by atomic mass is 10.2. The molecule has 3 aromatic rings. The number of nitrogens with zero attached hydrogens (tertiary/aromatic N) is 1. The van der Waals surface area contributed by atoms with Crippen LogP contribution in [0.25, 0.3) is 29.6 Å². The van der Waals surface area contributed by atoms with Crippen molar-refractivity contribution in [2.75, 3.05) is 0 Å². The van der Waals surface area contributed by atoms with Crippen molar-refractivity contribution in [3.63, 3.8) is 0 Å². The smallest absolute Gasteiger partial charge is 0.0469 e. The minimum Gasteiger partial charge on any atom is -0.310 e. The average Bonchev–Trinajstić information content (AvgIpc) is 2.63. The van der Waals surface area contributed by atoms with Gasteiger partial charge in [-0.25, -0.2) is 0 Å². The maximum Gasteiger partial charge on any atom is 0.0469 e. The van der Waals surface area contributed by atoms with Crippen LogP contribution in [0.1, 0.15) is 5.56 Å². The zero-order chi connectivity index (χ0) is 12.7. The Morgan fingerprint density at radius 3 is 2.00 bits per heavy atom. The monoisotopic (exact) mass is 233 g/mol. The van der Waals surface area contributed by atoms with E-state index < -0.39 is 0 Å². The van der Waals surface area contributed by atoms with Gasteiger partial charge < -0.3 is 4.57 Å². The molecule has 0 aliphatic heterocycles. The van der Waals surface area contributed by atoms with Crippen LogP contribution in [0.4, 0.5) is 0 Å². The lowest BCUT2D eigenvalue weighted by molar-refractivity contribution is 1.01. The van der Waals surface area contributed by atoms with Crippen LogP contribution >= 0.6 is 0 Å². The maximum absolute atomic E-state index is 4.20. The van der Waals surface area contributed by atoms with E-state index in [1.165, 1.54) is 16.3 Å². The zero-order valence-electron chi connectivity index (χ0n) is 10.5. The summed E-state index contributed by atoms with van der Waals surface area (Å²) >= 11 is 0. The SMILES string of the molecule is C=c1c2ccccc2c(=C)n1-c1cccc(C)c1. The van der Waals surface area contributed by atoms with Crippen LogP contribution in [0, 0.1) is 6.92 Å². The summed E-state index contributed by atoms with van der Waals surface area (Å²) < 4.78 is 2.12. The molecule has 0 aliphatic rings. The summed E-state index contributed by atoms with van der Waals surface area (Å²) in [4.78, 5) is 0. The molecule has 0 amide bonds. The normalized spacial score (nSPS) is 10.9. The summed E-state index contributed by atoms with van der Waals surface area (Å²) in [5, 5.41) is 4.34. The number of rotatable bonds is 1. The van der Waals surface area contributed by atoms with E-state index in [0.29, 0.717) is 0 Å². The van der Waals surface area contributed by atoms with E-state index in [4.69, 9.17) is 0 Å². The van der Waals surface area contributed by atoms with Crippen molar-refractivity contribution >= 4 is 23.9 Å². The Balaban J connectivity index is 2.44. The summed E-state index contributed by atoms with van der Waals surface area (Å²) in [5.41, 5.74) is 2.37. The van der Waals surface area contributed by atoms with Gasteiger partial charge in [-0.1, -0.05) is 49.6 Å². The van der Waals surface area contributed by atoms with Crippen LogP contribution in [0.5, 0.6) is 0 Å². The van der Waals surface area contributed by atoms with Gasteiger partial charge in [-0.05, 0) is 24.6 Å². The second-order valence-corrected chi connectivity index (χ2v) is 4.61. The molecule has 0 bridgehead atoms. The maximum atomic E-state index is 4.20. The molecule has 1 nitrogen and oxygen atoms in total. The number of aromatic nitrogens is 1. The van der Waals surface area contributed by atoms with Gasteiger partial charge in [0.15, 0.2) is 0 Å². The fourth-order valence-corrected chi connectivity index (χ4v) is 2.47. The predicted octanol–water partition coefficient (Wildman–Crippen LogP) is 2.76. The second kappa shape index (κ2) is 3.88. The van der Waals surface area contributed by atoms with Crippen molar-refractivity contribution in [1.82, 2.24) is 4.57 Å². The highest BCUT2D eigenvalue weighted by Gasteiger charge is 2.05. The van der Waals surface area contributed by atoms with Crippen molar-refractivity contribution in [3.05, 3.63) is 64.8 Å². The topological polar surface area (TPSA) is 4.93 Å². The fraction of sp³-hybridized carbons (Fsp3) is 0.0588. The van der Waals surface area contributed by atoms with E-state index in [2.05, 4.69) is 61.0 Å². The highest BCUT2D eigenvalue weighted by Crippen LogP contribution is 2.10. The average molecular weight is 233 g/mol. The summed E-state index contributed by atoms with van der Waals surface area (Å²) in [6.07, 6.45) is 0. The molecule has 0 unspecified atom stereocenters. The lowest BCUT2D eigenvalue weighted by Gasteiger charge is -2.05. The number of hydrogen-bond acceptors (Lipinski definition) is 0. The second-order valence-electron chi connectivity index (χ2n) is 4.61. The van der Waals surface area contributed by atoms with Crippen LogP contribution in [0.3, 0.4) is 0 Å². The first-order chi connectivity index (χ1) is 8.68. The first-order valence-corrected chi connectivity index (χ1v) is 6.03. The van der Waals surface area contributed by atoms with Crippen molar-refractivity contribution in [3.8, 4) is 5.69 Å². The van der Waals surface area contributed by atoms with Crippen molar-refractivity contribution in [1.29, 1.82) is 0 Å². The molecule has 0 N–H and O–H groups in total. The zero-order valence-corrected chi connectivity index (χ0v) is 10.5. The molecular formula is C17H15N. The molecule has 18 heavy (non-hydrogen) atoms. The van der Waals surface area contributed by atoms with Gasteiger partial charge in [0.1, 0.15) is 0 Å². The molecule has 88 valence electrons. The van der Waals surface area contributed by atoms with Gasteiger partial charge in [0.2, 0.25) is 0 Å². The number of fused-ring (bicyclic) bond motifs is 1. The largest absolute Gasteiger partial charge is 0.310 e. The standard InChI is InChI=1S/C17H15N/c1-12-7-6-8-15(11-12)18-13(2)16-9-4-5-10-17(16)14(18)3/h4-11H,2-3H2,1H3.